The third kappa shape index (κ3) is 2.04. The van der Waals surface area contributed by atoms with Gasteiger partial charge in [0, 0.05) is 5.92 Å². The first kappa shape index (κ1) is 8.25. The van der Waals surface area contributed by atoms with E-state index in [4.69, 9.17) is 0 Å². The van der Waals surface area contributed by atoms with E-state index >= 15 is 0 Å². The highest BCUT2D eigenvalue weighted by molar-refractivity contribution is 5.97. The Morgan fingerprint density at radius 2 is 2.36 bits per heavy atom. The van der Waals surface area contributed by atoms with Crippen LogP contribution >= 0.6 is 0 Å². The van der Waals surface area contributed by atoms with Crippen LogP contribution in [0.25, 0.3) is 0 Å². The van der Waals surface area contributed by atoms with Crippen molar-refractivity contribution in [2.75, 3.05) is 0 Å². The molecule has 0 N–H and O–H groups in total. The first-order valence-electron chi connectivity index (χ1n) is 4.08. The van der Waals surface area contributed by atoms with Crippen molar-refractivity contribution in [3.05, 3.63) is 24.3 Å². The average Bonchev–Trinajstić information content (AvgIpc) is 2.05. The molecule has 0 heterocycles. The second-order valence-corrected chi connectivity index (χ2v) is 3.11. The summed E-state index contributed by atoms with van der Waals surface area (Å²) in [7, 11) is 0. The molecule has 1 aliphatic carbocycles. The van der Waals surface area contributed by atoms with Crippen molar-refractivity contribution in [1.82, 2.24) is 0 Å². The highest BCUT2D eigenvalue weighted by Crippen LogP contribution is 2.19. The summed E-state index contributed by atoms with van der Waals surface area (Å²) >= 11 is 0. The number of hydrogen-bond acceptors (Lipinski definition) is 1. The van der Waals surface area contributed by atoms with Gasteiger partial charge >= 0.3 is 0 Å². The van der Waals surface area contributed by atoms with E-state index in [-0.39, 0.29) is 11.7 Å². The van der Waals surface area contributed by atoms with E-state index in [1.807, 2.05) is 6.08 Å². The van der Waals surface area contributed by atoms with Crippen LogP contribution in [0.2, 0.25) is 0 Å². The fraction of sp³-hybridized carbons (Fsp3) is 0.500. The fourth-order valence-corrected chi connectivity index (χ4v) is 1.35. The monoisotopic (exact) mass is 150 g/mol. The van der Waals surface area contributed by atoms with Gasteiger partial charge in [-0.25, -0.2) is 0 Å². The maximum atomic E-state index is 11.3. The summed E-state index contributed by atoms with van der Waals surface area (Å²) in [5.41, 5.74) is 0.682. The van der Waals surface area contributed by atoms with Crippen LogP contribution in [-0.2, 0) is 4.79 Å². The Bertz CT molecular complexity index is 201. The van der Waals surface area contributed by atoms with Gasteiger partial charge in [-0.2, -0.15) is 0 Å². The van der Waals surface area contributed by atoms with Crippen LogP contribution < -0.4 is 0 Å². The molecule has 0 saturated carbocycles. The van der Waals surface area contributed by atoms with E-state index in [1.165, 1.54) is 0 Å². The van der Waals surface area contributed by atoms with E-state index in [0.717, 1.165) is 19.3 Å². The second kappa shape index (κ2) is 3.51. The van der Waals surface area contributed by atoms with E-state index < -0.39 is 0 Å². The van der Waals surface area contributed by atoms with Gasteiger partial charge in [0.25, 0.3) is 0 Å². The molecular weight excluding hydrogens is 136 g/mol. The summed E-state index contributed by atoms with van der Waals surface area (Å²) in [6.07, 6.45) is 7.37. The summed E-state index contributed by atoms with van der Waals surface area (Å²) in [6, 6.07) is 0. The third-order valence-electron chi connectivity index (χ3n) is 2.01. The Hall–Kier alpha value is -0.850. The zero-order valence-electron chi connectivity index (χ0n) is 6.97. The number of Topliss-reactive ketones (excluding diaryl/α,β-unsaturated/α-hetero) is 1. The smallest absolute Gasteiger partial charge is 0.164 e. The van der Waals surface area contributed by atoms with Gasteiger partial charge in [-0.1, -0.05) is 18.7 Å². The lowest BCUT2D eigenvalue weighted by Gasteiger charge is -2.14. The molecule has 0 aromatic carbocycles. The molecule has 0 radical (unpaired) electrons. The molecule has 11 heavy (non-hydrogen) atoms. The standard InChI is InChI=1S/C10H14O/c1-8(2)10(11)9-6-4-3-5-7-9/h4,6,9H,1,3,5,7H2,2H3. The van der Waals surface area contributed by atoms with Gasteiger partial charge in [0.1, 0.15) is 0 Å². The van der Waals surface area contributed by atoms with Crippen LogP contribution in [-0.4, -0.2) is 5.78 Å². The lowest BCUT2D eigenvalue weighted by Crippen LogP contribution is -2.14. The lowest BCUT2D eigenvalue weighted by molar-refractivity contribution is -0.118. The van der Waals surface area contributed by atoms with Gasteiger partial charge in [0.15, 0.2) is 5.78 Å². The van der Waals surface area contributed by atoms with Crippen LogP contribution in [0.4, 0.5) is 0 Å². The maximum absolute atomic E-state index is 11.3. The van der Waals surface area contributed by atoms with Crippen LogP contribution in [0.1, 0.15) is 26.2 Å². The summed E-state index contributed by atoms with van der Waals surface area (Å²) in [6.45, 7) is 5.43. The molecule has 1 rings (SSSR count). The quantitative estimate of drug-likeness (QED) is 0.436. The molecule has 1 heteroatoms. The highest BCUT2D eigenvalue weighted by atomic mass is 16.1. The molecule has 60 valence electrons. The first-order chi connectivity index (χ1) is 5.22. The Morgan fingerprint density at radius 3 is 2.82 bits per heavy atom. The number of carbonyl (C=O) groups is 1. The number of allylic oxidation sites excluding steroid dienone is 3. The molecule has 0 amide bonds. The molecule has 0 fully saturated rings. The Kier molecular flexibility index (Phi) is 2.64. The molecule has 1 atom stereocenters. The molecule has 0 aromatic heterocycles. The van der Waals surface area contributed by atoms with Crippen molar-refractivity contribution in [3.8, 4) is 0 Å². The largest absolute Gasteiger partial charge is 0.294 e. The van der Waals surface area contributed by atoms with Crippen LogP contribution in [0.15, 0.2) is 24.3 Å². The highest BCUT2D eigenvalue weighted by Gasteiger charge is 2.16. The minimum atomic E-state index is 0.126. The Labute approximate surface area is 67.8 Å². The number of hydrogen-bond donors (Lipinski definition) is 0. The molecular formula is C10H14O. The van der Waals surface area contributed by atoms with Crippen molar-refractivity contribution in [3.63, 3.8) is 0 Å². The Morgan fingerprint density at radius 1 is 1.64 bits per heavy atom. The molecule has 0 aliphatic heterocycles. The molecule has 0 aromatic rings. The van der Waals surface area contributed by atoms with Gasteiger partial charge in [-0.15, -0.1) is 0 Å². The SMILES string of the molecule is C=C(C)C(=O)C1C=CCCC1. The van der Waals surface area contributed by atoms with Crippen LogP contribution in [0, 0.1) is 5.92 Å². The van der Waals surface area contributed by atoms with E-state index in [2.05, 4.69) is 12.7 Å². The summed E-state index contributed by atoms with van der Waals surface area (Å²) in [5.74, 6) is 0.335. The van der Waals surface area contributed by atoms with Crippen LogP contribution in [0.3, 0.4) is 0 Å². The van der Waals surface area contributed by atoms with Crippen molar-refractivity contribution in [1.29, 1.82) is 0 Å². The fourth-order valence-electron chi connectivity index (χ4n) is 1.35. The zero-order valence-corrected chi connectivity index (χ0v) is 6.97. The molecule has 1 nitrogen and oxygen atoms in total. The maximum Gasteiger partial charge on any atom is 0.164 e. The minimum Gasteiger partial charge on any atom is -0.294 e. The number of rotatable bonds is 2. The van der Waals surface area contributed by atoms with E-state index in [1.54, 1.807) is 6.92 Å². The first-order valence-corrected chi connectivity index (χ1v) is 4.08. The minimum absolute atomic E-state index is 0.126. The van der Waals surface area contributed by atoms with E-state index in [0.29, 0.717) is 5.57 Å². The summed E-state index contributed by atoms with van der Waals surface area (Å²) in [4.78, 5) is 11.3. The van der Waals surface area contributed by atoms with Crippen molar-refractivity contribution in [2.24, 2.45) is 5.92 Å². The molecule has 1 unspecified atom stereocenters. The Balaban J connectivity index is 2.59. The average molecular weight is 150 g/mol. The molecule has 0 saturated heterocycles. The van der Waals surface area contributed by atoms with Gasteiger partial charge < -0.3 is 0 Å². The second-order valence-electron chi connectivity index (χ2n) is 3.11. The van der Waals surface area contributed by atoms with Crippen molar-refractivity contribution in [2.45, 2.75) is 26.2 Å². The predicted molar refractivity (Wildman–Crippen MR) is 46.3 cm³/mol. The summed E-state index contributed by atoms with van der Waals surface area (Å²) in [5, 5.41) is 0. The van der Waals surface area contributed by atoms with Gasteiger partial charge in [0.2, 0.25) is 0 Å². The summed E-state index contributed by atoms with van der Waals surface area (Å²) < 4.78 is 0. The van der Waals surface area contributed by atoms with Crippen LogP contribution in [0.5, 0.6) is 0 Å². The molecule has 0 spiro atoms. The molecule has 0 bridgehead atoms. The van der Waals surface area contributed by atoms with Gasteiger partial charge in [0.05, 0.1) is 0 Å². The van der Waals surface area contributed by atoms with Gasteiger partial charge in [-0.05, 0) is 31.8 Å². The van der Waals surface area contributed by atoms with Crippen molar-refractivity contribution >= 4 is 5.78 Å². The number of carbonyl (C=O) groups excluding carboxylic acids is 1. The number of ketones is 1. The normalized spacial score (nSPS) is 23.2. The predicted octanol–water partition coefficient (Wildman–Crippen LogP) is 2.49. The molecule has 1 aliphatic rings. The third-order valence-corrected chi connectivity index (χ3v) is 2.01. The van der Waals surface area contributed by atoms with E-state index in [9.17, 15) is 4.79 Å². The zero-order chi connectivity index (χ0) is 8.27. The topological polar surface area (TPSA) is 17.1 Å². The van der Waals surface area contributed by atoms with Crippen molar-refractivity contribution < 1.29 is 4.79 Å². The lowest BCUT2D eigenvalue weighted by atomic mass is 9.90. The van der Waals surface area contributed by atoms with Gasteiger partial charge in [-0.3, -0.25) is 4.79 Å².